The van der Waals surface area contributed by atoms with Crippen LogP contribution in [0.25, 0.3) is 44.7 Å². The molecule has 7 rings (SSSR count). The van der Waals surface area contributed by atoms with Crippen LogP contribution in [-0.4, -0.2) is 49.3 Å². The van der Waals surface area contributed by atoms with Gasteiger partial charge in [-0.15, -0.1) is 0 Å². The Hall–Kier alpha value is -3.94. The van der Waals surface area contributed by atoms with Gasteiger partial charge in [-0.1, -0.05) is 12.5 Å². The maximum Gasteiger partial charge on any atom is 0.159 e. The molecule has 37 heavy (non-hydrogen) atoms. The number of aromatic amines is 2. The molecule has 8 heteroatoms. The standard InChI is InChI=1S/C29H31N7O/c1-3-8-20(9-4-1)37-21-14-19(16-30-17-21)24-15-22-25(18-31-24)34-35-27(22)29-32-23-10-7-11-26(28(23)33-29)36-12-5-2-6-13-36/h7,10-11,14-18,20H,1-6,8-9,12-13H2,(H,32,33)(H,34,35). The van der Waals surface area contributed by atoms with Crippen LogP contribution in [-0.2, 0) is 0 Å². The summed E-state index contributed by atoms with van der Waals surface area (Å²) in [5.74, 6) is 1.57. The molecule has 0 spiro atoms. The summed E-state index contributed by atoms with van der Waals surface area (Å²) in [4.78, 5) is 20.1. The van der Waals surface area contributed by atoms with E-state index in [0.29, 0.717) is 0 Å². The van der Waals surface area contributed by atoms with Gasteiger partial charge in [-0.05, 0) is 69.2 Å². The summed E-state index contributed by atoms with van der Waals surface area (Å²) in [6, 6.07) is 10.5. The summed E-state index contributed by atoms with van der Waals surface area (Å²) in [5, 5.41) is 8.72. The second-order valence-electron chi connectivity index (χ2n) is 10.3. The highest BCUT2D eigenvalue weighted by molar-refractivity contribution is 5.96. The zero-order valence-electron chi connectivity index (χ0n) is 20.9. The van der Waals surface area contributed by atoms with Gasteiger partial charge in [0.2, 0.25) is 0 Å². The molecule has 1 aliphatic heterocycles. The number of hydrogen-bond acceptors (Lipinski definition) is 6. The normalized spacial score (nSPS) is 17.0. The minimum absolute atomic E-state index is 0.282. The van der Waals surface area contributed by atoms with Crippen LogP contribution in [0.15, 0.2) is 48.9 Å². The van der Waals surface area contributed by atoms with Crippen LogP contribution in [0.1, 0.15) is 51.4 Å². The number of H-pyrrole nitrogens is 2. The maximum atomic E-state index is 6.25. The number of pyridine rings is 2. The van der Waals surface area contributed by atoms with Crippen LogP contribution in [0, 0.1) is 0 Å². The Labute approximate surface area is 215 Å². The number of nitrogens with one attached hydrogen (secondary N) is 2. The van der Waals surface area contributed by atoms with Crippen LogP contribution < -0.4 is 9.64 Å². The molecule has 0 atom stereocenters. The first kappa shape index (κ1) is 22.3. The van der Waals surface area contributed by atoms with Crippen LogP contribution in [0.3, 0.4) is 0 Å². The predicted octanol–water partition coefficient (Wildman–Crippen LogP) is 6.27. The molecule has 2 fully saturated rings. The van der Waals surface area contributed by atoms with Crippen molar-refractivity contribution in [2.45, 2.75) is 57.5 Å². The number of anilines is 1. The Morgan fingerprint density at radius 3 is 2.65 bits per heavy atom. The average Bonchev–Trinajstić information content (AvgIpc) is 3.58. The Morgan fingerprint density at radius 1 is 0.892 bits per heavy atom. The lowest BCUT2D eigenvalue weighted by Gasteiger charge is -2.28. The number of rotatable bonds is 5. The highest BCUT2D eigenvalue weighted by Gasteiger charge is 2.19. The summed E-state index contributed by atoms with van der Waals surface area (Å²) >= 11 is 0. The Kier molecular flexibility index (Phi) is 5.72. The SMILES string of the molecule is c1cc(N2CCCCC2)c2nc(-c3n[nH]c4cnc(-c5cncc(OC6CCCCC6)c5)cc34)[nH]c2c1. The first-order chi connectivity index (χ1) is 18.3. The minimum Gasteiger partial charge on any atom is -0.489 e. The summed E-state index contributed by atoms with van der Waals surface area (Å²) in [6.07, 6.45) is 15.5. The van der Waals surface area contributed by atoms with Gasteiger partial charge in [-0.3, -0.25) is 15.1 Å². The molecule has 1 saturated carbocycles. The second kappa shape index (κ2) is 9.50. The number of fused-ring (bicyclic) bond motifs is 2. The Balaban J connectivity index is 1.23. The quantitative estimate of drug-likeness (QED) is 0.300. The van der Waals surface area contributed by atoms with Crippen LogP contribution in [0.2, 0.25) is 0 Å². The summed E-state index contributed by atoms with van der Waals surface area (Å²) in [5.41, 5.74) is 6.66. The fraction of sp³-hybridized carbons (Fsp3) is 0.379. The molecule has 0 bridgehead atoms. The molecule has 2 aliphatic rings. The molecular formula is C29H31N7O. The molecule has 5 heterocycles. The summed E-state index contributed by atoms with van der Waals surface area (Å²) < 4.78 is 6.25. The largest absolute Gasteiger partial charge is 0.489 e. The van der Waals surface area contributed by atoms with E-state index < -0.39 is 0 Å². The highest BCUT2D eigenvalue weighted by atomic mass is 16.5. The second-order valence-corrected chi connectivity index (χ2v) is 10.3. The number of aromatic nitrogens is 6. The fourth-order valence-electron chi connectivity index (χ4n) is 5.77. The first-order valence-corrected chi connectivity index (χ1v) is 13.5. The summed E-state index contributed by atoms with van der Waals surface area (Å²) in [6.45, 7) is 2.17. The van der Waals surface area contributed by atoms with Gasteiger partial charge in [-0.2, -0.15) is 5.10 Å². The van der Waals surface area contributed by atoms with Crippen molar-refractivity contribution < 1.29 is 4.74 Å². The van der Waals surface area contributed by atoms with E-state index in [2.05, 4.69) is 54.3 Å². The molecule has 5 aromatic rings. The van der Waals surface area contributed by atoms with Crippen molar-refractivity contribution in [1.82, 2.24) is 30.1 Å². The topological polar surface area (TPSA) is 95.6 Å². The number of nitrogens with zero attached hydrogens (tertiary/aromatic N) is 5. The van der Waals surface area contributed by atoms with Crippen molar-refractivity contribution in [2.24, 2.45) is 0 Å². The van der Waals surface area contributed by atoms with Gasteiger partial charge >= 0.3 is 0 Å². The van der Waals surface area contributed by atoms with Gasteiger partial charge in [0, 0.05) is 30.2 Å². The van der Waals surface area contributed by atoms with E-state index in [4.69, 9.17) is 9.72 Å². The fourth-order valence-corrected chi connectivity index (χ4v) is 5.77. The van der Waals surface area contributed by atoms with E-state index in [0.717, 1.165) is 76.4 Å². The van der Waals surface area contributed by atoms with Gasteiger partial charge in [0.15, 0.2) is 5.82 Å². The van der Waals surface area contributed by atoms with Gasteiger partial charge in [-0.25, -0.2) is 4.98 Å². The molecule has 1 aromatic carbocycles. The van der Waals surface area contributed by atoms with Crippen molar-refractivity contribution in [1.29, 1.82) is 0 Å². The van der Waals surface area contributed by atoms with Crippen molar-refractivity contribution in [3.05, 3.63) is 48.9 Å². The molecule has 2 N–H and O–H groups in total. The lowest BCUT2D eigenvalue weighted by molar-refractivity contribution is 0.154. The molecule has 0 amide bonds. The average molecular weight is 494 g/mol. The molecule has 1 aliphatic carbocycles. The number of imidazole rings is 1. The lowest BCUT2D eigenvalue weighted by atomic mass is 9.98. The van der Waals surface area contributed by atoms with Crippen LogP contribution in [0.4, 0.5) is 5.69 Å². The molecule has 0 unspecified atom stereocenters. The highest BCUT2D eigenvalue weighted by Crippen LogP contribution is 2.33. The van der Waals surface area contributed by atoms with Gasteiger partial charge in [0.25, 0.3) is 0 Å². The maximum absolute atomic E-state index is 6.25. The zero-order chi connectivity index (χ0) is 24.6. The third-order valence-electron chi connectivity index (χ3n) is 7.72. The number of ether oxygens (including phenoxy) is 1. The molecule has 4 aromatic heterocycles. The number of piperidine rings is 1. The molecular weight excluding hydrogens is 462 g/mol. The smallest absolute Gasteiger partial charge is 0.159 e. The summed E-state index contributed by atoms with van der Waals surface area (Å²) in [7, 11) is 0. The Morgan fingerprint density at radius 2 is 1.76 bits per heavy atom. The van der Waals surface area contributed by atoms with E-state index in [1.807, 2.05) is 18.5 Å². The third-order valence-corrected chi connectivity index (χ3v) is 7.72. The van der Waals surface area contributed by atoms with Crippen molar-refractivity contribution in [2.75, 3.05) is 18.0 Å². The predicted molar refractivity (Wildman–Crippen MR) is 146 cm³/mol. The van der Waals surface area contributed by atoms with Gasteiger partial charge in [0.1, 0.15) is 17.0 Å². The van der Waals surface area contributed by atoms with Crippen LogP contribution >= 0.6 is 0 Å². The van der Waals surface area contributed by atoms with E-state index in [-0.39, 0.29) is 6.10 Å². The number of benzene rings is 1. The van der Waals surface area contributed by atoms with E-state index >= 15 is 0 Å². The monoisotopic (exact) mass is 493 g/mol. The number of hydrogen-bond donors (Lipinski definition) is 2. The van der Waals surface area contributed by atoms with Gasteiger partial charge in [0.05, 0.1) is 40.9 Å². The zero-order valence-corrected chi connectivity index (χ0v) is 20.9. The van der Waals surface area contributed by atoms with E-state index in [1.165, 1.54) is 44.2 Å². The van der Waals surface area contributed by atoms with E-state index in [1.54, 1.807) is 6.20 Å². The third kappa shape index (κ3) is 4.30. The van der Waals surface area contributed by atoms with Gasteiger partial charge < -0.3 is 14.6 Å². The molecule has 188 valence electrons. The van der Waals surface area contributed by atoms with Crippen molar-refractivity contribution in [3.8, 4) is 28.5 Å². The van der Waals surface area contributed by atoms with Crippen molar-refractivity contribution >= 4 is 27.6 Å². The number of para-hydroxylation sites is 1. The van der Waals surface area contributed by atoms with Crippen LogP contribution in [0.5, 0.6) is 5.75 Å². The molecule has 1 saturated heterocycles. The van der Waals surface area contributed by atoms with Crippen molar-refractivity contribution in [3.63, 3.8) is 0 Å². The molecule has 8 nitrogen and oxygen atoms in total. The minimum atomic E-state index is 0.282. The molecule has 0 radical (unpaired) electrons. The Bertz CT molecular complexity index is 1540. The lowest BCUT2D eigenvalue weighted by Crippen LogP contribution is -2.29. The van der Waals surface area contributed by atoms with E-state index in [9.17, 15) is 0 Å². The first-order valence-electron chi connectivity index (χ1n) is 13.5.